The quantitative estimate of drug-likeness (QED) is 0.846. The van der Waals surface area contributed by atoms with Crippen LogP contribution in [0.1, 0.15) is 45.7 Å². The van der Waals surface area contributed by atoms with Crippen molar-refractivity contribution in [1.82, 2.24) is 15.1 Å². The van der Waals surface area contributed by atoms with Gasteiger partial charge in [-0.25, -0.2) is 0 Å². The maximum absolute atomic E-state index is 13.0. The minimum Gasteiger partial charge on any atom is -0.384 e. The van der Waals surface area contributed by atoms with Crippen molar-refractivity contribution >= 4 is 17.5 Å². The fourth-order valence-electron chi connectivity index (χ4n) is 3.87. The van der Waals surface area contributed by atoms with Gasteiger partial charge in [-0.05, 0) is 48.9 Å². The monoisotopic (exact) mass is 368 g/mol. The van der Waals surface area contributed by atoms with Gasteiger partial charge in [0.1, 0.15) is 0 Å². The number of aryl methyl sites for hydroxylation is 1. The first kappa shape index (κ1) is 17.7. The van der Waals surface area contributed by atoms with E-state index in [1.54, 1.807) is 7.11 Å². The molecule has 1 aromatic heterocycles. The van der Waals surface area contributed by atoms with E-state index in [9.17, 15) is 9.59 Å². The molecule has 4 rings (SSSR count). The van der Waals surface area contributed by atoms with Crippen molar-refractivity contribution in [1.29, 1.82) is 0 Å². The first-order chi connectivity index (χ1) is 13.2. The lowest BCUT2D eigenvalue weighted by Gasteiger charge is -2.29. The standard InChI is InChI=1S/C20H24N4O3/c1-27-10-8-18(25)21-15-6-5-13-7-9-24(12-14(13)11-15)20(26)19-16-3-2-4-17(16)22-23-19/h5-6,11H,2-4,7-10,12H2,1H3,(H,21,25)(H,22,23). The molecule has 0 atom stereocenters. The Kier molecular flexibility index (Phi) is 4.94. The van der Waals surface area contributed by atoms with Crippen LogP contribution < -0.4 is 5.32 Å². The van der Waals surface area contributed by atoms with Crippen molar-refractivity contribution in [2.24, 2.45) is 0 Å². The molecule has 2 aliphatic rings. The number of hydrogen-bond donors (Lipinski definition) is 2. The van der Waals surface area contributed by atoms with Crippen LogP contribution in [-0.4, -0.2) is 47.2 Å². The fraction of sp³-hybridized carbons (Fsp3) is 0.450. The Morgan fingerprint density at radius 2 is 2.15 bits per heavy atom. The molecule has 2 heterocycles. The number of carbonyl (C=O) groups is 2. The fourth-order valence-corrected chi connectivity index (χ4v) is 3.87. The molecule has 1 aliphatic heterocycles. The van der Waals surface area contributed by atoms with Crippen LogP contribution in [0.25, 0.3) is 0 Å². The number of aromatic amines is 1. The van der Waals surface area contributed by atoms with Gasteiger partial charge in [-0.3, -0.25) is 14.7 Å². The Labute approximate surface area is 158 Å². The summed E-state index contributed by atoms with van der Waals surface area (Å²) in [6.07, 6.45) is 4.12. The number of carbonyl (C=O) groups excluding carboxylic acids is 2. The molecule has 0 spiro atoms. The van der Waals surface area contributed by atoms with E-state index in [1.165, 1.54) is 5.56 Å². The highest BCUT2D eigenvalue weighted by Gasteiger charge is 2.28. The van der Waals surface area contributed by atoms with E-state index in [0.29, 0.717) is 31.8 Å². The van der Waals surface area contributed by atoms with Crippen molar-refractivity contribution in [3.05, 3.63) is 46.3 Å². The van der Waals surface area contributed by atoms with Gasteiger partial charge in [0.15, 0.2) is 5.69 Å². The summed E-state index contributed by atoms with van der Waals surface area (Å²) in [5.41, 5.74) is 5.83. The largest absolute Gasteiger partial charge is 0.384 e. The Hall–Kier alpha value is -2.67. The van der Waals surface area contributed by atoms with Crippen molar-refractivity contribution in [3.8, 4) is 0 Å². The minimum atomic E-state index is -0.0763. The number of amides is 2. The van der Waals surface area contributed by atoms with Gasteiger partial charge in [-0.2, -0.15) is 5.10 Å². The van der Waals surface area contributed by atoms with Crippen LogP contribution in [0.15, 0.2) is 18.2 Å². The van der Waals surface area contributed by atoms with E-state index < -0.39 is 0 Å². The number of H-pyrrole nitrogens is 1. The first-order valence-electron chi connectivity index (χ1n) is 9.41. The van der Waals surface area contributed by atoms with Crippen molar-refractivity contribution in [2.75, 3.05) is 25.6 Å². The number of ether oxygens (including phenoxy) is 1. The molecule has 1 aliphatic carbocycles. The number of anilines is 1. The predicted octanol–water partition coefficient (Wildman–Crippen LogP) is 2.07. The summed E-state index contributed by atoms with van der Waals surface area (Å²) in [4.78, 5) is 26.7. The third-order valence-electron chi connectivity index (χ3n) is 5.33. The van der Waals surface area contributed by atoms with Gasteiger partial charge in [0.05, 0.1) is 13.0 Å². The molecule has 2 amide bonds. The average Bonchev–Trinajstić information content (AvgIpc) is 3.29. The lowest BCUT2D eigenvalue weighted by atomic mass is 9.98. The zero-order valence-electron chi connectivity index (χ0n) is 15.5. The highest BCUT2D eigenvalue weighted by molar-refractivity contribution is 5.94. The molecule has 2 N–H and O–H groups in total. The lowest BCUT2D eigenvalue weighted by Crippen LogP contribution is -2.36. The van der Waals surface area contributed by atoms with Crippen molar-refractivity contribution < 1.29 is 14.3 Å². The molecule has 1 aromatic carbocycles. The summed E-state index contributed by atoms with van der Waals surface area (Å²) in [6, 6.07) is 5.92. The molecule has 2 aromatic rings. The molecular weight excluding hydrogens is 344 g/mol. The first-order valence-corrected chi connectivity index (χ1v) is 9.41. The van der Waals surface area contributed by atoms with Crippen LogP contribution in [0.3, 0.4) is 0 Å². The minimum absolute atomic E-state index is 0.00502. The number of rotatable bonds is 5. The van der Waals surface area contributed by atoms with Gasteiger partial charge >= 0.3 is 0 Å². The third kappa shape index (κ3) is 3.60. The van der Waals surface area contributed by atoms with Gasteiger partial charge in [-0.1, -0.05) is 6.07 Å². The number of nitrogens with zero attached hydrogens (tertiary/aromatic N) is 2. The van der Waals surface area contributed by atoms with Gasteiger partial charge in [0.25, 0.3) is 5.91 Å². The van der Waals surface area contributed by atoms with Crippen molar-refractivity contribution in [2.45, 2.75) is 38.6 Å². The van der Waals surface area contributed by atoms with E-state index in [2.05, 4.69) is 15.5 Å². The molecule has 0 fully saturated rings. The summed E-state index contributed by atoms with van der Waals surface area (Å²) < 4.78 is 4.93. The third-order valence-corrected chi connectivity index (χ3v) is 5.33. The molecule has 7 nitrogen and oxygen atoms in total. The highest BCUT2D eigenvalue weighted by atomic mass is 16.5. The maximum Gasteiger partial charge on any atom is 0.274 e. The summed E-state index contributed by atoms with van der Waals surface area (Å²) >= 11 is 0. The molecule has 7 heteroatoms. The molecule has 0 saturated carbocycles. The number of hydrogen-bond acceptors (Lipinski definition) is 4. The number of benzene rings is 1. The molecule has 0 saturated heterocycles. The maximum atomic E-state index is 13.0. The normalized spacial score (nSPS) is 15.4. The number of methoxy groups -OCH3 is 1. The molecule has 0 unspecified atom stereocenters. The second kappa shape index (κ2) is 7.52. The number of nitrogens with one attached hydrogen (secondary N) is 2. The van der Waals surface area contributed by atoms with Crippen LogP contribution in [0.4, 0.5) is 5.69 Å². The Morgan fingerprint density at radius 3 is 3.00 bits per heavy atom. The van der Waals surface area contributed by atoms with E-state index in [4.69, 9.17) is 4.74 Å². The number of fused-ring (bicyclic) bond motifs is 2. The molecular formula is C20H24N4O3. The van der Waals surface area contributed by atoms with Gasteiger partial charge < -0.3 is 15.0 Å². The van der Waals surface area contributed by atoms with E-state index >= 15 is 0 Å². The predicted molar refractivity (Wildman–Crippen MR) is 101 cm³/mol. The Balaban J connectivity index is 1.47. The van der Waals surface area contributed by atoms with E-state index in [0.717, 1.165) is 48.2 Å². The second-order valence-electron chi connectivity index (χ2n) is 7.13. The Morgan fingerprint density at radius 1 is 1.26 bits per heavy atom. The second-order valence-corrected chi connectivity index (χ2v) is 7.13. The molecule has 0 bridgehead atoms. The van der Waals surface area contributed by atoms with Crippen LogP contribution in [0.5, 0.6) is 0 Å². The van der Waals surface area contributed by atoms with Crippen molar-refractivity contribution in [3.63, 3.8) is 0 Å². The SMILES string of the molecule is COCCC(=O)Nc1ccc2c(c1)CN(C(=O)c1n[nH]c3c1CCC3)CC2. The topological polar surface area (TPSA) is 87.3 Å². The summed E-state index contributed by atoms with van der Waals surface area (Å²) in [7, 11) is 1.58. The van der Waals surface area contributed by atoms with E-state index in [-0.39, 0.29) is 11.8 Å². The molecule has 27 heavy (non-hydrogen) atoms. The van der Waals surface area contributed by atoms with Gasteiger partial charge in [0.2, 0.25) is 5.91 Å². The summed E-state index contributed by atoms with van der Waals surface area (Å²) in [5.74, 6) is -0.0813. The zero-order chi connectivity index (χ0) is 18.8. The molecule has 142 valence electrons. The van der Waals surface area contributed by atoms with E-state index in [1.807, 2.05) is 23.1 Å². The number of aromatic nitrogens is 2. The zero-order valence-corrected chi connectivity index (χ0v) is 15.5. The highest BCUT2D eigenvalue weighted by Crippen LogP contribution is 2.27. The summed E-state index contributed by atoms with van der Waals surface area (Å²) in [5, 5.41) is 10.2. The van der Waals surface area contributed by atoms with Gasteiger partial charge in [-0.15, -0.1) is 0 Å². The summed E-state index contributed by atoms with van der Waals surface area (Å²) in [6.45, 7) is 1.62. The Bertz CT molecular complexity index is 874. The molecule has 0 radical (unpaired) electrons. The van der Waals surface area contributed by atoms with Crippen LogP contribution in [-0.2, 0) is 35.3 Å². The van der Waals surface area contributed by atoms with Crippen LogP contribution in [0, 0.1) is 0 Å². The van der Waals surface area contributed by atoms with Crippen LogP contribution >= 0.6 is 0 Å². The van der Waals surface area contributed by atoms with Crippen LogP contribution in [0.2, 0.25) is 0 Å². The smallest absolute Gasteiger partial charge is 0.274 e. The van der Waals surface area contributed by atoms with Gasteiger partial charge in [0, 0.05) is 37.1 Å². The average molecular weight is 368 g/mol. The lowest BCUT2D eigenvalue weighted by molar-refractivity contribution is -0.117.